The SMILES string of the molecule is CC(C)c1cc(-c2nc3c(-c4ccc5c6ccccc6n(-c6ccccn6)c5c4)cccc3n2-c2ccccc2)c2[nH]c3cc(-c4ccccc4)ccc3c2c1C(C)C. The summed E-state index contributed by atoms with van der Waals surface area (Å²) in [5.74, 6) is 2.45. The lowest BCUT2D eigenvalue weighted by atomic mass is 9.85. The van der Waals surface area contributed by atoms with Gasteiger partial charge in [-0.1, -0.05) is 137 Å². The molecule has 4 aromatic heterocycles. The Morgan fingerprint density at radius 1 is 0.508 bits per heavy atom. The van der Waals surface area contributed by atoms with E-state index < -0.39 is 0 Å². The Bertz CT molecular complexity index is 3370. The highest BCUT2D eigenvalue weighted by molar-refractivity contribution is 6.15. The molecule has 0 aliphatic rings. The van der Waals surface area contributed by atoms with Crippen LogP contribution in [0.5, 0.6) is 0 Å². The second-order valence-corrected chi connectivity index (χ2v) is 16.3. The molecule has 284 valence electrons. The maximum atomic E-state index is 5.72. The standard InChI is InChI=1S/C54H43N5/c1-33(2)43-32-44(53-51(50(43)34(3)4)42-28-25-36(30-45(42)56-53)35-16-7-5-8-17-35)54-57-52-39(21-15-23-47(52)58(54)38-18-9-6-10-19-38)37-26-27-41-40-20-11-12-22-46(40)59(48(41)31-37)49-24-13-14-29-55-49/h5-34,56H,1-4H3. The van der Waals surface area contributed by atoms with E-state index in [0.29, 0.717) is 11.8 Å². The van der Waals surface area contributed by atoms with Gasteiger partial charge in [0.05, 0.1) is 27.6 Å². The number of nitrogens with one attached hydrogen (secondary N) is 1. The summed E-state index contributed by atoms with van der Waals surface area (Å²) in [4.78, 5) is 14.5. The fourth-order valence-electron chi connectivity index (χ4n) is 9.44. The van der Waals surface area contributed by atoms with Crippen LogP contribution < -0.4 is 0 Å². The topological polar surface area (TPSA) is 51.4 Å². The Labute approximate surface area is 343 Å². The van der Waals surface area contributed by atoms with Gasteiger partial charge in [-0.2, -0.15) is 0 Å². The van der Waals surface area contributed by atoms with Gasteiger partial charge in [0.1, 0.15) is 11.6 Å². The number of rotatable bonds is 7. The molecule has 4 heterocycles. The minimum Gasteiger partial charge on any atom is -0.354 e. The average molecular weight is 762 g/mol. The van der Waals surface area contributed by atoms with Crippen LogP contribution in [0.4, 0.5) is 0 Å². The van der Waals surface area contributed by atoms with Gasteiger partial charge in [0.15, 0.2) is 0 Å². The summed E-state index contributed by atoms with van der Waals surface area (Å²) in [6.07, 6.45) is 1.86. The summed E-state index contributed by atoms with van der Waals surface area (Å²) < 4.78 is 4.64. The van der Waals surface area contributed by atoms with E-state index in [1.165, 1.54) is 43.8 Å². The molecular formula is C54H43N5. The molecular weight excluding hydrogens is 719 g/mol. The van der Waals surface area contributed by atoms with Crippen molar-refractivity contribution in [1.82, 2.24) is 24.1 Å². The molecule has 1 N–H and O–H groups in total. The molecule has 0 radical (unpaired) electrons. The number of fused-ring (bicyclic) bond motifs is 7. The van der Waals surface area contributed by atoms with Crippen molar-refractivity contribution in [3.8, 4) is 45.1 Å². The number of aromatic amines is 1. The van der Waals surface area contributed by atoms with Crippen molar-refractivity contribution in [1.29, 1.82) is 0 Å². The Morgan fingerprint density at radius 2 is 1.22 bits per heavy atom. The molecule has 0 fully saturated rings. The summed E-state index contributed by atoms with van der Waals surface area (Å²) in [6.45, 7) is 9.29. The number of hydrogen-bond donors (Lipinski definition) is 1. The maximum Gasteiger partial charge on any atom is 0.147 e. The number of hydrogen-bond acceptors (Lipinski definition) is 2. The number of pyridine rings is 1. The van der Waals surface area contributed by atoms with Gasteiger partial charge in [0.25, 0.3) is 0 Å². The Kier molecular flexibility index (Phi) is 8.12. The lowest BCUT2D eigenvalue weighted by Gasteiger charge is -2.20. The number of para-hydroxylation sites is 3. The molecule has 0 saturated carbocycles. The van der Waals surface area contributed by atoms with E-state index in [1.54, 1.807) is 0 Å². The molecule has 0 saturated heterocycles. The normalized spacial score (nSPS) is 12.0. The zero-order valence-corrected chi connectivity index (χ0v) is 33.6. The highest BCUT2D eigenvalue weighted by Gasteiger charge is 2.26. The van der Waals surface area contributed by atoms with Crippen molar-refractivity contribution >= 4 is 54.6 Å². The number of nitrogens with zero attached hydrogens (tertiary/aromatic N) is 4. The van der Waals surface area contributed by atoms with Gasteiger partial charge < -0.3 is 4.98 Å². The lowest BCUT2D eigenvalue weighted by molar-refractivity contribution is 0.798. The first-order valence-corrected chi connectivity index (χ1v) is 20.6. The van der Waals surface area contributed by atoms with Gasteiger partial charge in [0, 0.05) is 50.1 Å². The van der Waals surface area contributed by atoms with E-state index in [0.717, 1.165) is 67.1 Å². The first-order chi connectivity index (χ1) is 28.9. The van der Waals surface area contributed by atoms with E-state index in [-0.39, 0.29) is 0 Å². The zero-order chi connectivity index (χ0) is 39.8. The molecule has 0 bridgehead atoms. The first kappa shape index (κ1) is 35.0. The Morgan fingerprint density at radius 3 is 2.00 bits per heavy atom. The molecule has 0 atom stereocenters. The highest BCUT2D eigenvalue weighted by atomic mass is 15.1. The smallest absolute Gasteiger partial charge is 0.147 e. The molecule has 0 amide bonds. The van der Waals surface area contributed by atoms with Crippen LogP contribution in [0.2, 0.25) is 0 Å². The van der Waals surface area contributed by atoms with E-state index in [9.17, 15) is 0 Å². The third-order valence-electron chi connectivity index (χ3n) is 12.1. The predicted molar refractivity (Wildman–Crippen MR) is 247 cm³/mol. The second-order valence-electron chi connectivity index (χ2n) is 16.3. The first-order valence-electron chi connectivity index (χ1n) is 20.6. The number of H-pyrrole nitrogens is 1. The summed E-state index contributed by atoms with van der Waals surface area (Å²) in [5, 5.41) is 4.93. The molecule has 0 aliphatic heterocycles. The highest BCUT2D eigenvalue weighted by Crippen LogP contribution is 2.45. The van der Waals surface area contributed by atoms with Crippen molar-refractivity contribution in [3.63, 3.8) is 0 Å². The third-order valence-corrected chi connectivity index (χ3v) is 12.1. The average Bonchev–Trinajstić information content (AvgIpc) is 3.96. The predicted octanol–water partition coefficient (Wildman–Crippen LogP) is 14.4. The molecule has 0 aliphatic carbocycles. The zero-order valence-electron chi connectivity index (χ0n) is 33.6. The van der Waals surface area contributed by atoms with Crippen LogP contribution >= 0.6 is 0 Å². The van der Waals surface area contributed by atoms with Gasteiger partial charge in [-0.25, -0.2) is 9.97 Å². The maximum absolute atomic E-state index is 5.72. The van der Waals surface area contributed by atoms with E-state index >= 15 is 0 Å². The van der Waals surface area contributed by atoms with Gasteiger partial charge in [-0.15, -0.1) is 0 Å². The number of aromatic nitrogens is 5. The summed E-state index contributed by atoms with van der Waals surface area (Å²) >= 11 is 0. The fourth-order valence-corrected chi connectivity index (χ4v) is 9.44. The summed E-state index contributed by atoms with van der Waals surface area (Å²) in [5.41, 5.74) is 16.0. The number of benzene rings is 7. The van der Waals surface area contributed by atoms with E-state index in [4.69, 9.17) is 9.97 Å². The van der Waals surface area contributed by atoms with E-state index in [2.05, 4.69) is 200 Å². The third kappa shape index (κ3) is 5.53. The molecule has 59 heavy (non-hydrogen) atoms. The van der Waals surface area contributed by atoms with Crippen molar-refractivity contribution in [3.05, 3.63) is 181 Å². The van der Waals surface area contributed by atoms with Gasteiger partial charge in [-0.3, -0.25) is 9.13 Å². The Balaban J connectivity index is 1.21. The van der Waals surface area contributed by atoms with Crippen molar-refractivity contribution in [2.75, 3.05) is 0 Å². The fraction of sp³-hybridized carbons (Fsp3) is 0.111. The number of imidazole rings is 1. The molecule has 0 spiro atoms. The lowest BCUT2D eigenvalue weighted by Crippen LogP contribution is -2.03. The van der Waals surface area contributed by atoms with Gasteiger partial charge in [0.2, 0.25) is 0 Å². The minimum atomic E-state index is 0.312. The minimum absolute atomic E-state index is 0.312. The molecule has 11 rings (SSSR count). The van der Waals surface area contributed by atoms with Crippen LogP contribution in [-0.4, -0.2) is 24.1 Å². The largest absolute Gasteiger partial charge is 0.354 e. The molecule has 5 heteroatoms. The molecule has 0 unspecified atom stereocenters. The van der Waals surface area contributed by atoms with Crippen molar-refractivity contribution in [2.24, 2.45) is 0 Å². The van der Waals surface area contributed by atoms with Crippen LogP contribution in [0, 0.1) is 0 Å². The van der Waals surface area contributed by atoms with Crippen LogP contribution in [0.1, 0.15) is 50.7 Å². The Hall–Kier alpha value is -7.24. The van der Waals surface area contributed by atoms with Gasteiger partial charge in [-0.05, 0) is 94.3 Å². The van der Waals surface area contributed by atoms with E-state index in [1.807, 2.05) is 12.3 Å². The summed E-state index contributed by atoms with van der Waals surface area (Å²) in [6, 6.07) is 58.8. The second kappa shape index (κ2) is 13.7. The van der Waals surface area contributed by atoms with Crippen LogP contribution in [0.15, 0.2) is 170 Å². The molecule has 11 aromatic rings. The summed E-state index contributed by atoms with van der Waals surface area (Å²) in [7, 11) is 0. The van der Waals surface area contributed by atoms with Crippen LogP contribution in [0.3, 0.4) is 0 Å². The van der Waals surface area contributed by atoms with Crippen LogP contribution in [-0.2, 0) is 0 Å². The quantitative estimate of drug-likeness (QED) is 0.176. The van der Waals surface area contributed by atoms with Crippen LogP contribution in [0.25, 0.3) is 99.8 Å². The van der Waals surface area contributed by atoms with Gasteiger partial charge >= 0.3 is 0 Å². The van der Waals surface area contributed by atoms with Crippen molar-refractivity contribution < 1.29 is 0 Å². The monoisotopic (exact) mass is 761 g/mol. The van der Waals surface area contributed by atoms with Crippen molar-refractivity contribution in [2.45, 2.75) is 39.5 Å². The molecule has 7 aromatic carbocycles. The molecule has 5 nitrogen and oxygen atoms in total.